The highest BCUT2D eigenvalue weighted by Crippen LogP contribution is 2.33. The van der Waals surface area contributed by atoms with Gasteiger partial charge in [-0.25, -0.2) is 0 Å². The molecule has 1 aliphatic carbocycles. The Balaban J connectivity index is 1.48. The van der Waals surface area contributed by atoms with Gasteiger partial charge >= 0.3 is 0 Å². The Kier molecular flexibility index (Phi) is 4.56. The quantitative estimate of drug-likeness (QED) is 0.653. The van der Waals surface area contributed by atoms with E-state index in [1.807, 2.05) is 31.3 Å². The normalized spacial score (nSPS) is 12.4. The Labute approximate surface area is 158 Å². The summed E-state index contributed by atoms with van der Waals surface area (Å²) >= 11 is 5.96. The van der Waals surface area contributed by atoms with Crippen molar-refractivity contribution in [2.24, 2.45) is 0 Å². The van der Waals surface area contributed by atoms with Crippen LogP contribution in [-0.2, 0) is 12.8 Å². The number of hydrogen-bond acceptors (Lipinski definition) is 2. The minimum atomic E-state index is 0.0234. The highest BCUT2D eigenvalue weighted by molar-refractivity contribution is 6.30. The summed E-state index contributed by atoms with van der Waals surface area (Å²) in [7, 11) is 1.81. The smallest absolute Gasteiger partial charge is 0.254 e. The van der Waals surface area contributed by atoms with Gasteiger partial charge in [0.15, 0.2) is 0 Å². The Morgan fingerprint density at radius 3 is 2.65 bits per heavy atom. The van der Waals surface area contributed by atoms with Gasteiger partial charge in [0.05, 0.1) is 6.54 Å². The third-order valence-electron chi connectivity index (χ3n) is 4.95. The van der Waals surface area contributed by atoms with Gasteiger partial charge in [0.25, 0.3) is 5.91 Å². The van der Waals surface area contributed by atoms with E-state index in [4.69, 9.17) is 16.3 Å². The molecule has 1 amide bonds. The molecule has 26 heavy (non-hydrogen) atoms. The lowest BCUT2D eigenvalue weighted by molar-refractivity contribution is 0.0775. The third kappa shape index (κ3) is 3.15. The SMILES string of the molecule is CN(CCOc1cccc(Cl)c1)C(=O)c1ccc2c3c(cccc13)CC2. The van der Waals surface area contributed by atoms with Gasteiger partial charge in [0, 0.05) is 17.6 Å². The molecule has 4 heteroatoms. The standard InChI is InChI=1S/C22H20ClNO2/c1-24(12-13-26-18-6-3-5-17(23)14-18)22(25)20-11-10-16-9-8-15-4-2-7-19(20)21(15)16/h2-7,10-11,14H,8-9,12-13H2,1H3. The van der Waals surface area contributed by atoms with Crippen LogP contribution in [0.5, 0.6) is 5.75 Å². The number of nitrogens with zero attached hydrogens (tertiary/aromatic N) is 1. The van der Waals surface area contributed by atoms with Crippen LogP contribution in [0.2, 0.25) is 5.02 Å². The summed E-state index contributed by atoms with van der Waals surface area (Å²) in [5, 5.41) is 2.96. The van der Waals surface area contributed by atoms with Crippen LogP contribution in [0.1, 0.15) is 21.5 Å². The number of aryl methyl sites for hydroxylation is 2. The van der Waals surface area contributed by atoms with Crippen LogP contribution in [0, 0.1) is 0 Å². The maximum atomic E-state index is 12.9. The molecule has 0 fully saturated rings. The van der Waals surface area contributed by atoms with Crippen molar-refractivity contribution in [2.75, 3.05) is 20.2 Å². The van der Waals surface area contributed by atoms with Crippen molar-refractivity contribution in [2.45, 2.75) is 12.8 Å². The number of amides is 1. The number of carbonyl (C=O) groups is 1. The van der Waals surface area contributed by atoms with Crippen LogP contribution in [0.25, 0.3) is 10.8 Å². The van der Waals surface area contributed by atoms with Crippen molar-refractivity contribution in [3.63, 3.8) is 0 Å². The number of likely N-dealkylation sites (N-methyl/N-ethyl adjacent to an activating group) is 1. The molecule has 0 heterocycles. The molecule has 0 atom stereocenters. The first-order valence-corrected chi connectivity index (χ1v) is 9.18. The zero-order valence-electron chi connectivity index (χ0n) is 14.7. The molecule has 0 unspecified atom stereocenters. The number of benzene rings is 3. The van der Waals surface area contributed by atoms with E-state index in [2.05, 4.69) is 18.2 Å². The molecule has 0 bridgehead atoms. The molecule has 3 aromatic carbocycles. The Morgan fingerprint density at radius 2 is 1.85 bits per heavy atom. The highest BCUT2D eigenvalue weighted by Gasteiger charge is 2.20. The molecule has 0 N–H and O–H groups in total. The Bertz CT molecular complexity index is 973. The number of hydrogen-bond donors (Lipinski definition) is 0. The second-order valence-corrected chi connectivity index (χ2v) is 7.08. The molecular formula is C22H20ClNO2. The maximum absolute atomic E-state index is 12.9. The predicted molar refractivity (Wildman–Crippen MR) is 105 cm³/mol. The molecule has 0 spiro atoms. The van der Waals surface area contributed by atoms with E-state index in [1.165, 1.54) is 16.5 Å². The molecule has 0 radical (unpaired) electrons. The van der Waals surface area contributed by atoms with Crippen LogP contribution in [-0.4, -0.2) is 31.0 Å². The van der Waals surface area contributed by atoms with Crippen molar-refractivity contribution >= 4 is 28.3 Å². The first kappa shape index (κ1) is 16.9. The van der Waals surface area contributed by atoms with Crippen molar-refractivity contribution in [3.8, 4) is 5.75 Å². The van der Waals surface area contributed by atoms with Crippen molar-refractivity contribution in [1.29, 1.82) is 0 Å². The fourth-order valence-electron chi connectivity index (χ4n) is 3.60. The summed E-state index contributed by atoms with van der Waals surface area (Å²) in [5.41, 5.74) is 3.45. The van der Waals surface area contributed by atoms with Gasteiger partial charge in [0.1, 0.15) is 12.4 Å². The van der Waals surface area contributed by atoms with Gasteiger partial charge < -0.3 is 9.64 Å². The van der Waals surface area contributed by atoms with Gasteiger partial charge in [-0.1, -0.05) is 41.9 Å². The molecule has 4 rings (SSSR count). The number of carbonyl (C=O) groups excluding carboxylic acids is 1. The first-order valence-electron chi connectivity index (χ1n) is 8.81. The van der Waals surface area contributed by atoms with Crippen LogP contribution in [0.4, 0.5) is 0 Å². The monoisotopic (exact) mass is 365 g/mol. The van der Waals surface area contributed by atoms with E-state index in [0.29, 0.717) is 23.9 Å². The van der Waals surface area contributed by atoms with E-state index < -0.39 is 0 Å². The van der Waals surface area contributed by atoms with Gasteiger partial charge in [-0.3, -0.25) is 4.79 Å². The second kappa shape index (κ2) is 7.00. The van der Waals surface area contributed by atoms with E-state index in [1.54, 1.807) is 17.0 Å². The van der Waals surface area contributed by atoms with Crippen LogP contribution in [0.3, 0.4) is 0 Å². The minimum absolute atomic E-state index is 0.0234. The number of rotatable bonds is 5. The average molecular weight is 366 g/mol. The first-order chi connectivity index (χ1) is 12.6. The molecule has 1 aliphatic rings. The lowest BCUT2D eigenvalue weighted by Gasteiger charge is -2.19. The molecule has 0 aliphatic heterocycles. The van der Waals surface area contributed by atoms with Gasteiger partial charge in [-0.2, -0.15) is 0 Å². The number of ether oxygens (including phenoxy) is 1. The van der Waals surface area contributed by atoms with E-state index in [9.17, 15) is 4.79 Å². The summed E-state index contributed by atoms with van der Waals surface area (Å²) in [4.78, 5) is 14.7. The predicted octanol–water partition coefficient (Wildman–Crippen LogP) is 4.74. The summed E-state index contributed by atoms with van der Waals surface area (Å²) in [6.07, 6.45) is 2.13. The molecule has 132 valence electrons. The van der Waals surface area contributed by atoms with Crippen LogP contribution >= 0.6 is 11.6 Å². The van der Waals surface area contributed by atoms with Gasteiger partial charge in [-0.05, 0) is 59.0 Å². The molecule has 3 aromatic rings. The topological polar surface area (TPSA) is 29.5 Å². The molecule has 0 aromatic heterocycles. The molecule has 3 nitrogen and oxygen atoms in total. The van der Waals surface area contributed by atoms with Gasteiger partial charge in [-0.15, -0.1) is 0 Å². The fourth-order valence-corrected chi connectivity index (χ4v) is 3.78. The lowest BCUT2D eigenvalue weighted by atomic mass is 9.99. The second-order valence-electron chi connectivity index (χ2n) is 6.64. The summed E-state index contributed by atoms with van der Waals surface area (Å²) in [6, 6.07) is 17.6. The van der Waals surface area contributed by atoms with E-state index >= 15 is 0 Å². The highest BCUT2D eigenvalue weighted by atomic mass is 35.5. The Morgan fingerprint density at radius 1 is 1.08 bits per heavy atom. The van der Waals surface area contributed by atoms with Gasteiger partial charge in [0.2, 0.25) is 0 Å². The van der Waals surface area contributed by atoms with Crippen molar-refractivity contribution in [1.82, 2.24) is 4.90 Å². The number of halogens is 1. The minimum Gasteiger partial charge on any atom is -0.492 e. The maximum Gasteiger partial charge on any atom is 0.254 e. The van der Waals surface area contributed by atoms with Crippen LogP contribution in [0.15, 0.2) is 54.6 Å². The largest absolute Gasteiger partial charge is 0.492 e. The van der Waals surface area contributed by atoms with Crippen molar-refractivity contribution < 1.29 is 9.53 Å². The molecular weight excluding hydrogens is 346 g/mol. The molecule has 0 saturated heterocycles. The zero-order valence-corrected chi connectivity index (χ0v) is 15.4. The lowest BCUT2D eigenvalue weighted by Crippen LogP contribution is -2.31. The molecule has 0 saturated carbocycles. The Hall–Kier alpha value is -2.52. The van der Waals surface area contributed by atoms with E-state index in [0.717, 1.165) is 23.8 Å². The average Bonchev–Trinajstić information content (AvgIpc) is 3.07. The third-order valence-corrected chi connectivity index (χ3v) is 5.18. The zero-order chi connectivity index (χ0) is 18.1. The van der Waals surface area contributed by atoms with Crippen molar-refractivity contribution in [3.05, 3.63) is 76.3 Å². The summed E-state index contributed by atoms with van der Waals surface area (Å²) < 4.78 is 5.70. The van der Waals surface area contributed by atoms with E-state index in [-0.39, 0.29) is 5.91 Å². The summed E-state index contributed by atoms with van der Waals surface area (Å²) in [5.74, 6) is 0.735. The fraction of sp³-hybridized carbons (Fsp3) is 0.227. The van der Waals surface area contributed by atoms with Crippen LogP contribution < -0.4 is 4.74 Å². The summed E-state index contributed by atoms with van der Waals surface area (Å²) in [6.45, 7) is 0.929.